The Hall–Kier alpha value is -1.56. The van der Waals surface area contributed by atoms with E-state index in [0.29, 0.717) is 10.6 Å². The van der Waals surface area contributed by atoms with E-state index in [0.717, 1.165) is 15.7 Å². The van der Waals surface area contributed by atoms with Crippen molar-refractivity contribution in [3.05, 3.63) is 62.0 Å². The first kappa shape index (κ1) is 17.8. The molecule has 1 amide bonds. The Morgan fingerprint density at radius 3 is 2.57 bits per heavy atom. The second kappa shape index (κ2) is 7.81. The number of nitrogens with one attached hydrogen (secondary N) is 1. The molecule has 0 aliphatic heterocycles. The summed E-state index contributed by atoms with van der Waals surface area (Å²) in [6.07, 6.45) is 1.56. The molecule has 4 nitrogen and oxygen atoms in total. The summed E-state index contributed by atoms with van der Waals surface area (Å²) in [5.41, 5.74) is 4.67. The van der Waals surface area contributed by atoms with Gasteiger partial charge in [0.1, 0.15) is 0 Å². The molecule has 1 N–H and O–H groups in total. The number of carbonyl (C=O) groups excluding carboxylic acids is 1. The van der Waals surface area contributed by atoms with Crippen LogP contribution in [0.1, 0.15) is 15.9 Å². The largest absolute Gasteiger partial charge is 0.377 e. The molecule has 0 spiro atoms. The van der Waals surface area contributed by atoms with Crippen molar-refractivity contribution in [1.82, 2.24) is 5.43 Å². The van der Waals surface area contributed by atoms with E-state index in [1.807, 2.05) is 37.2 Å². The lowest BCUT2D eigenvalue weighted by Crippen LogP contribution is -2.18. The molecule has 0 fully saturated rings. The topological polar surface area (TPSA) is 44.7 Å². The molecule has 0 atom stereocenters. The van der Waals surface area contributed by atoms with Crippen LogP contribution in [0.3, 0.4) is 0 Å². The molecule has 0 bridgehead atoms. The summed E-state index contributed by atoms with van der Waals surface area (Å²) in [7, 11) is 3.92. The van der Waals surface area contributed by atoms with E-state index in [-0.39, 0.29) is 5.02 Å². The van der Waals surface area contributed by atoms with Crippen LogP contribution < -0.4 is 10.3 Å². The van der Waals surface area contributed by atoms with Crippen LogP contribution in [-0.2, 0) is 0 Å². The van der Waals surface area contributed by atoms with Crippen LogP contribution in [0.5, 0.6) is 0 Å². The molecule has 0 aliphatic carbocycles. The summed E-state index contributed by atoms with van der Waals surface area (Å²) in [6, 6.07) is 10.5. The zero-order valence-corrected chi connectivity index (χ0v) is 15.6. The minimum absolute atomic E-state index is 0.281. The molecule has 120 valence electrons. The highest BCUT2D eigenvalue weighted by Crippen LogP contribution is 2.25. The molecule has 0 aromatic heterocycles. The Morgan fingerprint density at radius 2 is 1.96 bits per heavy atom. The van der Waals surface area contributed by atoms with Crippen molar-refractivity contribution in [3.8, 4) is 0 Å². The number of halogens is 3. The lowest BCUT2D eigenvalue weighted by atomic mass is 10.2. The summed E-state index contributed by atoms with van der Waals surface area (Å²) >= 11 is 15.3. The van der Waals surface area contributed by atoms with Crippen molar-refractivity contribution in [3.63, 3.8) is 0 Å². The zero-order valence-electron chi connectivity index (χ0n) is 12.5. The molecule has 0 heterocycles. The highest BCUT2D eigenvalue weighted by molar-refractivity contribution is 9.10. The maximum atomic E-state index is 12.0. The van der Waals surface area contributed by atoms with Gasteiger partial charge >= 0.3 is 0 Å². The predicted octanol–water partition coefficient (Wildman–Crippen LogP) is 4.59. The van der Waals surface area contributed by atoms with Crippen molar-refractivity contribution in [2.45, 2.75) is 0 Å². The van der Waals surface area contributed by atoms with Crippen LogP contribution in [-0.4, -0.2) is 26.2 Å². The standard InChI is InChI=1S/C16H14BrCl2N3O/c1-22(2)15-6-3-10(7-13(15)17)9-20-21-16(23)12-5-4-11(18)8-14(12)19/h3-9H,1-2H3,(H,21,23)/b20-9-. The van der Waals surface area contributed by atoms with Gasteiger partial charge < -0.3 is 4.90 Å². The Labute approximate surface area is 153 Å². The molecule has 2 aromatic carbocycles. The molecule has 0 aliphatic rings. The normalized spacial score (nSPS) is 10.8. The van der Waals surface area contributed by atoms with Gasteiger partial charge in [0.25, 0.3) is 5.91 Å². The van der Waals surface area contributed by atoms with Crippen molar-refractivity contribution >= 4 is 56.9 Å². The fourth-order valence-electron chi connectivity index (χ4n) is 1.87. The van der Waals surface area contributed by atoms with E-state index in [2.05, 4.69) is 26.5 Å². The third-order valence-corrected chi connectivity index (χ3v) is 4.19. The molecule has 7 heteroatoms. The first-order valence-corrected chi connectivity index (χ1v) is 8.18. The van der Waals surface area contributed by atoms with Gasteiger partial charge in [0.05, 0.1) is 22.5 Å². The van der Waals surface area contributed by atoms with E-state index >= 15 is 0 Å². The number of carbonyl (C=O) groups is 1. The van der Waals surface area contributed by atoms with Crippen LogP contribution in [0.15, 0.2) is 46.0 Å². The molecule has 0 saturated heterocycles. The van der Waals surface area contributed by atoms with Crippen LogP contribution in [0.4, 0.5) is 5.69 Å². The van der Waals surface area contributed by atoms with Crippen LogP contribution >= 0.6 is 39.1 Å². The van der Waals surface area contributed by atoms with E-state index in [9.17, 15) is 4.79 Å². The molecular formula is C16H14BrCl2N3O. The van der Waals surface area contributed by atoms with E-state index < -0.39 is 5.91 Å². The van der Waals surface area contributed by atoms with Gasteiger partial charge in [-0.3, -0.25) is 4.79 Å². The summed E-state index contributed by atoms with van der Waals surface area (Å²) < 4.78 is 0.943. The Balaban J connectivity index is 2.06. The first-order chi connectivity index (χ1) is 10.9. The minimum Gasteiger partial charge on any atom is -0.377 e. The minimum atomic E-state index is -0.396. The zero-order chi connectivity index (χ0) is 17.0. The summed E-state index contributed by atoms with van der Waals surface area (Å²) in [5.74, 6) is -0.396. The number of hydrazone groups is 1. The van der Waals surface area contributed by atoms with Crippen molar-refractivity contribution < 1.29 is 4.79 Å². The number of nitrogens with zero attached hydrogens (tertiary/aromatic N) is 2. The van der Waals surface area contributed by atoms with Crippen molar-refractivity contribution in [1.29, 1.82) is 0 Å². The van der Waals surface area contributed by atoms with Crippen LogP contribution in [0.25, 0.3) is 0 Å². The van der Waals surface area contributed by atoms with E-state index in [1.54, 1.807) is 18.3 Å². The van der Waals surface area contributed by atoms with Gasteiger partial charge in [-0.1, -0.05) is 29.3 Å². The second-order valence-corrected chi connectivity index (χ2v) is 6.63. The molecule has 0 unspecified atom stereocenters. The number of amides is 1. The third-order valence-electron chi connectivity index (χ3n) is 3.01. The third kappa shape index (κ3) is 4.70. The smallest absolute Gasteiger partial charge is 0.272 e. The SMILES string of the molecule is CN(C)c1ccc(/C=N\NC(=O)c2ccc(Cl)cc2Cl)cc1Br. The number of anilines is 1. The summed E-state index contributed by atoms with van der Waals surface area (Å²) in [4.78, 5) is 14.0. The fourth-order valence-corrected chi connectivity index (χ4v) is 3.11. The maximum absolute atomic E-state index is 12.0. The Bertz CT molecular complexity index is 763. The fraction of sp³-hybridized carbons (Fsp3) is 0.125. The van der Waals surface area contributed by atoms with Crippen LogP contribution in [0.2, 0.25) is 10.0 Å². The van der Waals surface area contributed by atoms with Gasteiger partial charge in [-0.2, -0.15) is 5.10 Å². The Kier molecular flexibility index (Phi) is 6.04. The van der Waals surface area contributed by atoms with Gasteiger partial charge in [0.2, 0.25) is 0 Å². The lowest BCUT2D eigenvalue weighted by Gasteiger charge is -2.14. The quantitative estimate of drug-likeness (QED) is 0.587. The lowest BCUT2D eigenvalue weighted by molar-refractivity contribution is 0.0955. The molecule has 0 saturated carbocycles. The Morgan fingerprint density at radius 1 is 1.22 bits per heavy atom. The average molecular weight is 415 g/mol. The second-order valence-electron chi connectivity index (χ2n) is 4.93. The van der Waals surface area contributed by atoms with Crippen molar-refractivity contribution in [2.75, 3.05) is 19.0 Å². The van der Waals surface area contributed by atoms with Crippen LogP contribution in [0, 0.1) is 0 Å². The summed E-state index contributed by atoms with van der Waals surface area (Å²) in [5, 5.41) is 4.70. The van der Waals surface area contributed by atoms with E-state index in [4.69, 9.17) is 23.2 Å². The molecule has 0 radical (unpaired) electrons. The van der Waals surface area contributed by atoms with Gasteiger partial charge in [0.15, 0.2) is 0 Å². The number of benzene rings is 2. The predicted molar refractivity (Wildman–Crippen MR) is 100.0 cm³/mol. The first-order valence-electron chi connectivity index (χ1n) is 6.64. The average Bonchev–Trinajstić information content (AvgIpc) is 2.46. The number of rotatable bonds is 4. The summed E-state index contributed by atoms with van der Waals surface area (Å²) in [6.45, 7) is 0. The highest BCUT2D eigenvalue weighted by atomic mass is 79.9. The molecule has 23 heavy (non-hydrogen) atoms. The molecular weight excluding hydrogens is 401 g/mol. The van der Waals surface area contributed by atoms with Gasteiger partial charge in [-0.05, 0) is 51.8 Å². The highest BCUT2D eigenvalue weighted by Gasteiger charge is 2.09. The van der Waals surface area contributed by atoms with E-state index in [1.165, 1.54) is 6.07 Å². The van der Waals surface area contributed by atoms with Gasteiger partial charge in [-0.15, -0.1) is 0 Å². The van der Waals surface area contributed by atoms with Gasteiger partial charge in [-0.25, -0.2) is 5.43 Å². The van der Waals surface area contributed by atoms with Crippen molar-refractivity contribution in [2.24, 2.45) is 5.10 Å². The van der Waals surface area contributed by atoms with Gasteiger partial charge in [0, 0.05) is 23.6 Å². The number of hydrogen-bond acceptors (Lipinski definition) is 3. The monoisotopic (exact) mass is 413 g/mol. The molecule has 2 rings (SSSR count). The maximum Gasteiger partial charge on any atom is 0.272 e. The number of hydrogen-bond donors (Lipinski definition) is 1. The molecule has 2 aromatic rings.